The Morgan fingerprint density at radius 3 is 2.22 bits per heavy atom. The van der Waals surface area contributed by atoms with E-state index >= 15 is 0 Å². The van der Waals surface area contributed by atoms with Gasteiger partial charge in [-0.1, -0.05) is 69.2 Å². The molecule has 1 unspecified atom stereocenters. The molecular formula is C28H35N3O5. The number of carbonyl (C=O) groups excluding carboxylic acids is 2. The number of nitro benzene ring substituents is 1. The minimum Gasteiger partial charge on any atom is -0.507 e. The van der Waals surface area contributed by atoms with Crippen molar-refractivity contribution in [1.29, 1.82) is 0 Å². The zero-order valence-electron chi connectivity index (χ0n) is 21.1. The molecule has 2 aromatic rings. The van der Waals surface area contributed by atoms with E-state index in [1.165, 1.54) is 29.2 Å². The molecule has 1 amide bonds. The molecule has 0 saturated carbocycles. The maximum Gasteiger partial charge on any atom is 0.295 e. The number of nitrogens with zero attached hydrogens (tertiary/aromatic N) is 3. The molecule has 1 atom stereocenters. The summed E-state index contributed by atoms with van der Waals surface area (Å²) < 4.78 is 0. The van der Waals surface area contributed by atoms with E-state index in [9.17, 15) is 24.8 Å². The fourth-order valence-corrected chi connectivity index (χ4v) is 4.58. The lowest BCUT2D eigenvalue weighted by Gasteiger charge is -2.27. The van der Waals surface area contributed by atoms with Crippen LogP contribution in [0.25, 0.3) is 5.76 Å². The van der Waals surface area contributed by atoms with Gasteiger partial charge in [0.05, 0.1) is 16.5 Å². The predicted octanol–water partition coefficient (Wildman–Crippen LogP) is 5.31. The van der Waals surface area contributed by atoms with Crippen LogP contribution < -0.4 is 0 Å². The van der Waals surface area contributed by atoms with Gasteiger partial charge >= 0.3 is 0 Å². The van der Waals surface area contributed by atoms with E-state index < -0.39 is 28.4 Å². The summed E-state index contributed by atoms with van der Waals surface area (Å²) in [7, 11) is 0. The van der Waals surface area contributed by atoms with Crippen LogP contribution in [0.15, 0.2) is 60.2 Å². The van der Waals surface area contributed by atoms with E-state index in [0.29, 0.717) is 18.5 Å². The molecule has 1 fully saturated rings. The van der Waals surface area contributed by atoms with Gasteiger partial charge in [0, 0.05) is 24.2 Å². The molecule has 1 aliphatic rings. The van der Waals surface area contributed by atoms with Crippen molar-refractivity contribution in [1.82, 2.24) is 9.80 Å². The van der Waals surface area contributed by atoms with Crippen LogP contribution in [0.2, 0.25) is 0 Å². The highest BCUT2D eigenvalue weighted by Gasteiger charge is 2.45. The summed E-state index contributed by atoms with van der Waals surface area (Å²) in [6.45, 7) is 7.52. The third-order valence-corrected chi connectivity index (χ3v) is 6.51. The van der Waals surface area contributed by atoms with Crippen molar-refractivity contribution in [2.75, 3.05) is 26.2 Å². The zero-order valence-corrected chi connectivity index (χ0v) is 21.1. The molecule has 1 N–H and O–H groups in total. The normalized spacial score (nSPS) is 17.2. The standard InChI is InChI=1S/C28H35N3O5/c1-3-5-16-29(17-6-4-2)18-11-19-30-25(21-12-8-7-9-13-21)24(27(33)28(30)34)26(32)22-14-10-15-23(20-22)31(35)36/h7-10,12-15,20,25,32H,3-6,11,16-19H2,1-2H3/b26-24-. The van der Waals surface area contributed by atoms with Gasteiger partial charge in [0.25, 0.3) is 17.4 Å². The summed E-state index contributed by atoms with van der Waals surface area (Å²) in [5, 5.41) is 22.4. The van der Waals surface area contributed by atoms with Crippen LogP contribution in [0.5, 0.6) is 0 Å². The number of aliphatic hydroxyl groups is 1. The summed E-state index contributed by atoms with van der Waals surface area (Å²) in [5.74, 6) is -1.84. The maximum absolute atomic E-state index is 13.2. The van der Waals surface area contributed by atoms with Crippen LogP contribution in [-0.2, 0) is 9.59 Å². The van der Waals surface area contributed by atoms with Crippen LogP contribution in [0.1, 0.15) is 63.1 Å². The lowest BCUT2D eigenvalue weighted by Crippen LogP contribution is -2.34. The van der Waals surface area contributed by atoms with Gasteiger partial charge in [-0.3, -0.25) is 19.7 Å². The number of nitro groups is 1. The molecule has 1 aliphatic heterocycles. The third-order valence-electron chi connectivity index (χ3n) is 6.51. The largest absolute Gasteiger partial charge is 0.507 e. The molecule has 0 bridgehead atoms. The number of rotatable bonds is 13. The molecule has 0 radical (unpaired) electrons. The Morgan fingerprint density at radius 1 is 0.972 bits per heavy atom. The second kappa shape index (κ2) is 13.0. The summed E-state index contributed by atoms with van der Waals surface area (Å²) in [6, 6.07) is 13.8. The summed E-state index contributed by atoms with van der Waals surface area (Å²) >= 11 is 0. The fourth-order valence-electron chi connectivity index (χ4n) is 4.58. The van der Waals surface area contributed by atoms with Crippen molar-refractivity contribution < 1.29 is 19.6 Å². The SMILES string of the molecule is CCCCN(CCCC)CCCN1C(=O)C(=O)/C(=C(\O)c2cccc([N+](=O)[O-])c2)C1c1ccccc1. The Morgan fingerprint density at radius 2 is 1.61 bits per heavy atom. The summed E-state index contributed by atoms with van der Waals surface area (Å²) in [6.07, 6.45) is 5.15. The minimum atomic E-state index is -0.776. The van der Waals surface area contributed by atoms with Gasteiger partial charge in [0.2, 0.25) is 0 Å². The van der Waals surface area contributed by atoms with Gasteiger partial charge in [-0.15, -0.1) is 0 Å². The van der Waals surface area contributed by atoms with Crippen molar-refractivity contribution in [2.24, 2.45) is 0 Å². The lowest BCUT2D eigenvalue weighted by atomic mass is 9.95. The van der Waals surface area contributed by atoms with Crippen LogP contribution in [0.4, 0.5) is 5.69 Å². The first kappa shape index (κ1) is 27.1. The first-order valence-corrected chi connectivity index (χ1v) is 12.7. The summed E-state index contributed by atoms with van der Waals surface area (Å²) in [5.41, 5.74) is 0.593. The Balaban J connectivity index is 1.92. The fraction of sp³-hybridized carbons (Fsp3) is 0.429. The molecule has 192 valence electrons. The number of benzene rings is 2. The molecule has 36 heavy (non-hydrogen) atoms. The number of ketones is 1. The van der Waals surface area contributed by atoms with E-state index in [1.807, 2.05) is 30.3 Å². The second-order valence-electron chi connectivity index (χ2n) is 9.11. The zero-order chi connectivity index (χ0) is 26.1. The number of hydrogen-bond donors (Lipinski definition) is 1. The summed E-state index contributed by atoms with van der Waals surface area (Å²) in [4.78, 5) is 40.9. The molecule has 3 rings (SSSR count). The number of hydrogen-bond acceptors (Lipinski definition) is 6. The molecule has 0 spiro atoms. The van der Waals surface area contributed by atoms with E-state index in [4.69, 9.17) is 0 Å². The number of unbranched alkanes of at least 4 members (excludes halogenated alkanes) is 2. The Hall–Kier alpha value is -3.52. The average Bonchev–Trinajstić information content (AvgIpc) is 3.15. The van der Waals surface area contributed by atoms with Crippen LogP contribution in [0.3, 0.4) is 0 Å². The first-order chi connectivity index (χ1) is 17.4. The quantitative estimate of drug-likeness (QED) is 0.133. The van der Waals surface area contributed by atoms with E-state index in [-0.39, 0.29) is 16.8 Å². The molecule has 1 heterocycles. The van der Waals surface area contributed by atoms with Gasteiger partial charge in [-0.05, 0) is 44.5 Å². The number of aliphatic hydroxyl groups excluding tert-OH is 1. The highest BCUT2D eigenvalue weighted by molar-refractivity contribution is 6.46. The number of non-ortho nitro benzene ring substituents is 1. The number of carbonyl (C=O) groups is 2. The van der Waals surface area contributed by atoms with Crippen LogP contribution in [-0.4, -0.2) is 57.7 Å². The molecule has 2 aromatic carbocycles. The Bertz CT molecular complexity index is 1090. The first-order valence-electron chi connectivity index (χ1n) is 12.7. The van der Waals surface area contributed by atoms with Gasteiger partial charge in [-0.2, -0.15) is 0 Å². The number of Topliss-reactive ketones (excluding diaryl/α,β-unsaturated/α-hetero) is 1. The molecule has 8 nitrogen and oxygen atoms in total. The number of likely N-dealkylation sites (tertiary alicyclic amines) is 1. The average molecular weight is 494 g/mol. The molecule has 0 aromatic heterocycles. The van der Waals surface area contributed by atoms with Crippen molar-refractivity contribution in [3.63, 3.8) is 0 Å². The van der Waals surface area contributed by atoms with Crippen LogP contribution >= 0.6 is 0 Å². The van der Waals surface area contributed by atoms with Crippen molar-refractivity contribution >= 4 is 23.1 Å². The Labute approximate surface area is 212 Å². The van der Waals surface area contributed by atoms with Gasteiger partial charge in [0.15, 0.2) is 0 Å². The van der Waals surface area contributed by atoms with E-state index in [2.05, 4.69) is 18.7 Å². The second-order valence-corrected chi connectivity index (χ2v) is 9.11. The van der Waals surface area contributed by atoms with Crippen molar-refractivity contribution in [3.8, 4) is 0 Å². The smallest absolute Gasteiger partial charge is 0.295 e. The number of amides is 1. The molecule has 0 aliphatic carbocycles. The van der Waals surface area contributed by atoms with Crippen LogP contribution in [0, 0.1) is 10.1 Å². The molecular weight excluding hydrogens is 458 g/mol. The molecule has 1 saturated heterocycles. The Kier molecular flexibility index (Phi) is 9.76. The predicted molar refractivity (Wildman–Crippen MR) is 139 cm³/mol. The topological polar surface area (TPSA) is 104 Å². The highest BCUT2D eigenvalue weighted by Crippen LogP contribution is 2.39. The highest BCUT2D eigenvalue weighted by atomic mass is 16.6. The van der Waals surface area contributed by atoms with Crippen molar-refractivity contribution in [3.05, 3.63) is 81.4 Å². The van der Waals surface area contributed by atoms with E-state index in [1.54, 1.807) is 0 Å². The molecule has 8 heteroatoms. The van der Waals surface area contributed by atoms with Gasteiger partial charge in [0.1, 0.15) is 5.76 Å². The van der Waals surface area contributed by atoms with Crippen molar-refractivity contribution in [2.45, 2.75) is 52.0 Å². The van der Waals surface area contributed by atoms with Gasteiger partial charge in [-0.25, -0.2) is 0 Å². The monoisotopic (exact) mass is 493 g/mol. The maximum atomic E-state index is 13.2. The lowest BCUT2D eigenvalue weighted by molar-refractivity contribution is -0.384. The van der Waals surface area contributed by atoms with Gasteiger partial charge < -0.3 is 14.9 Å². The minimum absolute atomic E-state index is 0.0412. The van der Waals surface area contributed by atoms with E-state index in [0.717, 1.165) is 45.3 Å². The third kappa shape index (κ3) is 6.37.